The van der Waals surface area contributed by atoms with Crippen LogP contribution in [0.3, 0.4) is 0 Å². The lowest BCUT2D eigenvalue weighted by Crippen LogP contribution is -2.23. The largest absolute Gasteiger partial charge is 0.325 e. The van der Waals surface area contributed by atoms with Gasteiger partial charge in [-0.15, -0.1) is 5.10 Å². The highest BCUT2D eigenvalue weighted by Gasteiger charge is 2.18. The Morgan fingerprint density at radius 3 is 2.90 bits per heavy atom. The van der Waals surface area contributed by atoms with Crippen LogP contribution in [0.5, 0.6) is 0 Å². The Hall–Kier alpha value is -1.60. The molecule has 1 aromatic carbocycles. The maximum Gasteiger partial charge on any atom is 0.237 e. The highest BCUT2D eigenvalue weighted by molar-refractivity contribution is 8.00. The number of thioether (sulfide) groups is 1. The topological polar surface area (TPSA) is 72.7 Å². The van der Waals surface area contributed by atoms with Gasteiger partial charge >= 0.3 is 0 Å². The highest BCUT2D eigenvalue weighted by Crippen LogP contribution is 2.25. The fraction of sp³-hybridized carbons (Fsp3) is 0.333. The van der Waals surface area contributed by atoms with Crippen LogP contribution in [0.15, 0.2) is 23.4 Å². The Balaban J connectivity index is 2.04. The first-order valence-electron chi connectivity index (χ1n) is 5.94. The maximum atomic E-state index is 12.2. The molecule has 1 aromatic heterocycles. The number of aromatic nitrogens is 4. The lowest BCUT2D eigenvalue weighted by molar-refractivity contribution is -0.115. The summed E-state index contributed by atoms with van der Waals surface area (Å²) in [6.07, 6.45) is 0. The minimum Gasteiger partial charge on any atom is -0.325 e. The zero-order valence-corrected chi connectivity index (χ0v) is 12.9. The van der Waals surface area contributed by atoms with Crippen LogP contribution < -0.4 is 5.32 Å². The van der Waals surface area contributed by atoms with E-state index < -0.39 is 0 Å². The maximum absolute atomic E-state index is 12.2. The van der Waals surface area contributed by atoms with Crippen molar-refractivity contribution in [2.45, 2.75) is 24.3 Å². The molecule has 0 saturated heterocycles. The minimum atomic E-state index is -0.321. The van der Waals surface area contributed by atoms with Gasteiger partial charge in [-0.05, 0) is 42.0 Å². The predicted octanol–water partition coefficient (Wildman–Crippen LogP) is 2.29. The molecule has 0 bridgehead atoms. The van der Waals surface area contributed by atoms with Crippen molar-refractivity contribution >= 4 is 35.0 Å². The Bertz CT molecular complexity index is 630. The molecule has 1 unspecified atom stereocenters. The van der Waals surface area contributed by atoms with Gasteiger partial charge in [0.1, 0.15) is 0 Å². The molecule has 1 heterocycles. The van der Waals surface area contributed by atoms with Crippen molar-refractivity contribution in [2.75, 3.05) is 5.32 Å². The van der Waals surface area contributed by atoms with Crippen molar-refractivity contribution < 1.29 is 4.79 Å². The third kappa shape index (κ3) is 3.29. The second kappa shape index (κ2) is 6.23. The number of nitrogens with one attached hydrogen (secondary N) is 1. The number of tetrazole rings is 1. The molecule has 0 aliphatic carbocycles. The molecule has 0 fully saturated rings. The van der Waals surface area contributed by atoms with Gasteiger partial charge in [-0.25, -0.2) is 4.68 Å². The molecule has 0 spiro atoms. The minimum absolute atomic E-state index is 0.122. The number of amides is 1. The molecule has 1 amide bonds. The molecule has 0 radical (unpaired) electrons. The fourth-order valence-electron chi connectivity index (χ4n) is 1.51. The average molecular weight is 312 g/mol. The second-order valence-corrected chi connectivity index (χ2v) is 5.96. The van der Waals surface area contributed by atoms with Crippen LogP contribution in [0.4, 0.5) is 5.69 Å². The summed E-state index contributed by atoms with van der Waals surface area (Å²) < 4.78 is 1.53. The molecule has 0 aliphatic rings. The highest BCUT2D eigenvalue weighted by atomic mass is 35.5. The molecule has 1 N–H and O–H groups in total. The normalized spacial score (nSPS) is 12.2. The summed E-state index contributed by atoms with van der Waals surface area (Å²) >= 11 is 7.32. The first-order valence-corrected chi connectivity index (χ1v) is 7.20. The predicted molar refractivity (Wildman–Crippen MR) is 78.9 cm³/mol. The zero-order valence-electron chi connectivity index (χ0n) is 11.3. The van der Waals surface area contributed by atoms with Gasteiger partial charge in [0.2, 0.25) is 11.1 Å². The summed E-state index contributed by atoms with van der Waals surface area (Å²) in [7, 11) is 1.73. The van der Waals surface area contributed by atoms with Crippen LogP contribution in [0.2, 0.25) is 5.02 Å². The van der Waals surface area contributed by atoms with Gasteiger partial charge in [-0.3, -0.25) is 4.79 Å². The molecule has 0 aliphatic heterocycles. The van der Waals surface area contributed by atoms with E-state index in [0.717, 1.165) is 5.56 Å². The van der Waals surface area contributed by atoms with Crippen molar-refractivity contribution in [1.82, 2.24) is 20.2 Å². The van der Waals surface area contributed by atoms with Crippen LogP contribution in [0, 0.1) is 6.92 Å². The Labute approximate surface area is 125 Å². The van der Waals surface area contributed by atoms with Gasteiger partial charge in [0.05, 0.1) is 5.25 Å². The van der Waals surface area contributed by atoms with Gasteiger partial charge in [0.25, 0.3) is 0 Å². The number of carbonyl (C=O) groups excluding carboxylic acids is 1. The molecular weight excluding hydrogens is 298 g/mol. The second-order valence-electron chi connectivity index (χ2n) is 4.25. The van der Waals surface area contributed by atoms with Crippen LogP contribution >= 0.6 is 23.4 Å². The van der Waals surface area contributed by atoms with Crippen molar-refractivity contribution in [3.63, 3.8) is 0 Å². The third-order valence-corrected chi connectivity index (χ3v) is 4.29. The van der Waals surface area contributed by atoms with Crippen LogP contribution in [-0.4, -0.2) is 31.4 Å². The summed E-state index contributed by atoms with van der Waals surface area (Å²) in [5.41, 5.74) is 1.56. The van der Waals surface area contributed by atoms with E-state index >= 15 is 0 Å². The molecule has 106 valence electrons. The van der Waals surface area contributed by atoms with E-state index in [1.807, 2.05) is 13.0 Å². The number of benzene rings is 1. The average Bonchev–Trinajstić information content (AvgIpc) is 2.80. The van der Waals surface area contributed by atoms with Gasteiger partial charge in [-0.1, -0.05) is 29.4 Å². The fourth-order valence-corrected chi connectivity index (χ4v) is 2.44. The summed E-state index contributed by atoms with van der Waals surface area (Å²) in [5, 5.41) is 14.9. The van der Waals surface area contributed by atoms with E-state index in [1.165, 1.54) is 16.4 Å². The monoisotopic (exact) mass is 311 g/mol. The summed E-state index contributed by atoms with van der Waals surface area (Å²) in [4.78, 5) is 12.2. The standard InChI is InChI=1S/C12H14ClN5OS/c1-7-9(13)5-4-6-10(7)14-11(19)8(2)20-12-15-16-17-18(12)3/h4-6,8H,1-3H3,(H,14,19). The van der Waals surface area contributed by atoms with Crippen LogP contribution in [-0.2, 0) is 11.8 Å². The van der Waals surface area contributed by atoms with Crippen LogP contribution in [0.25, 0.3) is 0 Å². The SMILES string of the molecule is Cc1c(Cl)cccc1NC(=O)C(C)Sc1nnnn1C. The van der Waals surface area contributed by atoms with E-state index in [4.69, 9.17) is 11.6 Å². The number of anilines is 1. The Morgan fingerprint density at radius 2 is 2.25 bits per heavy atom. The van der Waals surface area contributed by atoms with E-state index in [-0.39, 0.29) is 11.2 Å². The number of hydrogen-bond donors (Lipinski definition) is 1. The van der Waals surface area contributed by atoms with E-state index in [9.17, 15) is 4.79 Å². The van der Waals surface area contributed by atoms with Crippen molar-refractivity contribution in [1.29, 1.82) is 0 Å². The van der Waals surface area contributed by atoms with Crippen molar-refractivity contribution in [3.05, 3.63) is 28.8 Å². The third-order valence-electron chi connectivity index (χ3n) is 2.76. The number of carbonyl (C=O) groups is 1. The summed E-state index contributed by atoms with van der Waals surface area (Å²) in [6.45, 7) is 3.66. The number of nitrogens with zero attached hydrogens (tertiary/aromatic N) is 4. The molecule has 8 heteroatoms. The van der Waals surface area contributed by atoms with Crippen LogP contribution in [0.1, 0.15) is 12.5 Å². The number of aryl methyl sites for hydroxylation is 1. The Kier molecular flexibility index (Phi) is 4.61. The zero-order chi connectivity index (χ0) is 14.7. The number of rotatable bonds is 4. The Morgan fingerprint density at radius 1 is 1.50 bits per heavy atom. The van der Waals surface area contributed by atoms with Crippen molar-refractivity contribution in [2.24, 2.45) is 7.05 Å². The first kappa shape index (κ1) is 14.8. The van der Waals surface area contributed by atoms with Gasteiger partial charge in [0, 0.05) is 17.8 Å². The molecule has 2 rings (SSSR count). The van der Waals surface area contributed by atoms with E-state index in [2.05, 4.69) is 20.8 Å². The van der Waals surface area contributed by atoms with Gasteiger partial charge in [0.15, 0.2) is 0 Å². The molecule has 6 nitrogen and oxygen atoms in total. The molecule has 1 atom stereocenters. The first-order chi connectivity index (χ1) is 9.49. The van der Waals surface area contributed by atoms with Gasteiger partial charge < -0.3 is 5.32 Å². The number of halogens is 1. The smallest absolute Gasteiger partial charge is 0.237 e. The summed E-state index contributed by atoms with van der Waals surface area (Å²) in [6, 6.07) is 5.41. The van der Waals surface area contributed by atoms with Crippen molar-refractivity contribution in [3.8, 4) is 0 Å². The molecule has 20 heavy (non-hydrogen) atoms. The molecular formula is C12H14ClN5OS. The number of hydrogen-bond acceptors (Lipinski definition) is 5. The molecule has 2 aromatic rings. The summed E-state index contributed by atoms with van der Waals surface area (Å²) in [5.74, 6) is -0.122. The van der Waals surface area contributed by atoms with E-state index in [0.29, 0.717) is 15.9 Å². The molecule has 0 saturated carbocycles. The quantitative estimate of drug-likeness (QED) is 0.877. The lowest BCUT2D eigenvalue weighted by atomic mass is 10.2. The van der Waals surface area contributed by atoms with Gasteiger partial charge in [-0.2, -0.15) is 0 Å². The van der Waals surface area contributed by atoms with E-state index in [1.54, 1.807) is 26.1 Å². The lowest BCUT2D eigenvalue weighted by Gasteiger charge is -2.13.